The molecule has 5 heteroatoms. The largest absolute Gasteiger partial charge is 0.399 e. The van der Waals surface area contributed by atoms with Gasteiger partial charge in [0.2, 0.25) is 0 Å². The van der Waals surface area contributed by atoms with E-state index in [1.165, 1.54) is 0 Å². The van der Waals surface area contributed by atoms with Crippen molar-refractivity contribution in [2.75, 3.05) is 5.73 Å². The van der Waals surface area contributed by atoms with E-state index in [1.54, 1.807) is 4.68 Å². The monoisotopic (exact) mass is 284 g/mol. The van der Waals surface area contributed by atoms with Gasteiger partial charge in [0.25, 0.3) is 0 Å². The Kier molecular flexibility index (Phi) is 3.39. The molecule has 2 aromatic carbocycles. The van der Waals surface area contributed by atoms with E-state index in [9.17, 15) is 0 Å². The van der Waals surface area contributed by atoms with Gasteiger partial charge in [0.15, 0.2) is 0 Å². The fourth-order valence-electron chi connectivity index (χ4n) is 1.98. The van der Waals surface area contributed by atoms with Crippen LogP contribution in [-0.2, 0) is 6.54 Å². The lowest BCUT2D eigenvalue weighted by atomic mass is 10.1. The van der Waals surface area contributed by atoms with Crippen molar-refractivity contribution in [3.63, 3.8) is 0 Å². The Bertz CT molecular complexity index is 719. The predicted molar refractivity (Wildman–Crippen MR) is 80.4 cm³/mol. The van der Waals surface area contributed by atoms with Crippen LogP contribution in [0.1, 0.15) is 5.56 Å². The zero-order chi connectivity index (χ0) is 13.9. The minimum atomic E-state index is 0.659. The van der Waals surface area contributed by atoms with Crippen molar-refractivity contribution in [2.45, 2.75) is 6.54 Å². The van der Waals surface area contributed by atoms with Gasteiger partial charge in [-0.15, -0.1) is 5.10 Å². The number of hydrogen-bond acceptors (Lipinski definition) is 3. The summed E-state index contributed by atoms with van der Waals surface area (Å²) in [5, 5.41) is 9.03. The van der Waals surface area contributed by atoms with E-state index in [4.69, 9.17) is 17.3 Å². The Hall–Kier alpha value is -2.33. The van der Waals surface area contributed by atoms with Crippen molar-refractivity contribution in [3.05, 3.63) is 65.3 Å². The number of halogens is 1. The van der Waals surface area contributed by atoms with Crippen LogP contribution in [0, 0.1) is 0 Å². The third-order valence-electron chi connectivity index (χ3n) is 2.98. The second kappa shape index (κ2) is 5.35. The molecule has 20 heavy (non-hydrogen) atoms. The van der Waals surface area contributed by atoms with E-state index >= 15 is 0 Å². The molecule has 0 saturated carbocycles. The van der Waals surface area contributed by atoms with Gasteiger partial charge in [0.1, 0.15) is 5.69 Å². The van der Waals surface area contributed by atoms with Gasteiger partial charge in [-0.2, -0.15) is 0 Å². The van der Waals surface area contributed by atoms with Crippen molar-refractivity contribution in [1.29, 1.82) is 0 Å². The fraction of sp³-hybridized carbons (Fsp3) is 0.0667. The Labute approximate surface area is 121 Å². The first-order valence-electron chi connectivity index (χ1n) is 6.21. The predicted octanol–water partition coefficient (Wildman–Crippen LogP) is 3.23. The van der Waals surface area contributed by atoms with E-state index < -0.39 is 0 Å². The molecular weight excluding hydrogens is 272 g/mol. The summed E-state index contributed by atoms with van der Waals surface area (Å²) in [6.07, 6.45) is 1.91. The molecule has 0 amide bonds. The van der Waals surface area contributed by atoms with Crippen LogP contribution >= 0.6 is 11.6 Å². The third-order valence-corrected chi connectivity index (χ3v) is 3.23. The van der Waals surface area contributed by atoms with E-state index in [0.29, 0.717) is 6.54 Å². The van der Waals surface area contributed by atoms with E-state index in [1.807, 2.05) is 54.7 Å². The summed E-state index contributed by atoms with van der Waals surface area (Å²) in [7, 11) is 0. The molecule has 0 atom stereocenters. The van der Waals surface area contributed by atoms with Crippen molar-refractivity contribution < 1.29 is 0 Å². The average Bonchev–Trinajstić information content (AvgIpc) is 2.90. The Balaban J connectivity index is 1.82. The summed E-state index contributed by atoms with van der Waals surface area (Å²) in [6.45, 7) is 0.659. The van der Waals surface area contributed by atoms with Gasteiger partial charge < -0.3 is 5.73 Å². The summed E-state index contributed by atoms with van der Waals surface area (Å²) in [5.41, 5.74) is 9.39. The van der Waals surface area contributed by atoms with Crippen LogP contribution < -0.4 is 5.73 Å². The summed E-state index contributed by atoms with van der Waals surface area (Å²) < 4.78 is 1.79. The maximum atomic E-state index is 5.87. The summed E-state index contributed by atoms with van der Waals surface area (Å²) >= 11 is 5.87. The van der Waals surface area contributed by atoms with Gasteiger partial charge in [0, 0.05) is 16.3 Å². The molecule has 0 aliphatic heterocycles. The number of hydrogen-bond donors (Lipinski definition) is 1. The lowest BCUT2D eigenvalue weighted by Gasteiger charge is -2.00. The normalized spacial score (nSPS) is 10.7. The van der Waals surface area contributed by atoms with E-state index in [2.05, 4.69) is 10.3 Å². The second-order valence-electron chi connectivity index (χ2n) is 4.55. The zero-order valence-electron chi connectivity index (χ0n) is 10.7. The average molecular weight is 285 g/mol. The maximum Gasteiger partial charge on any atom is 0.113 e. The number of aromatic nitrogens is 3. The maximum absolute atomic E-state index is 5.87. The highest BCUT2D eigenvalue weighted by molar-refractivity contribution is 6.30. The van der Waals surface area contributed by atoms with E-state index in [-0.39, 0.29) is 0 Å². The van der Waals surface area contributed by atoms with Gasteiger partial charge >= 0.3 is 0 Å². The molecule has 0 unspecified atom stereocenters. The minimum absolute atomic E-state index is 0.659. The Morgan fingerprint density at radius 1 is 1.10 bits per heavy atom. The standard InChI is InChI=1S/C15H13ClN4/c16-13-6-4-11(5-7-13)9-20-10-15(18-19-20)12-2-1-3-14(17)8-12/h1-8,10H,9,17H2. The quantitative estimate of drug-likeness (QED) is 0.751. The molecule has 3 rings (SSSR count). The molecule has 0 spiro atoms. The van der Waals surface area contributed by atoms with Gasteiger partial charge in [0.05, 0.1) is 12.7 Å². The van der Waals surface area contributed by atoms with Crippen molar-refractivity contribution >= 4 is 17.3 Å². The van der Waals surface area contributed by atoms with Crippen LogP contribution in [0.25, 0.3) is 11.3 Å². The highest BCUT2D eigenvalue weighted by Gasteiger charge is 2.04. The molecule has 1 aromatic heterocycles. The molecule has 0 fully saturated rings. The molecule has 2 N–H and O–H groups in total. The number of rotatable bonds is 3. The van der Waals surface area contributed by atoms with Crippen LogP contribution in [0.3, 0.4) is 0 Å². The van der Waals surface area contributed by atoms with Crippen molar-refractivity contribution in [1.82, 2.24) is 15.0 Å². The van der Waals surface area contributed by atoms with Gasteiger partial charge in [-0.25, -0.2) is 4.68 Å². The fourth-order valence-corrected chi connectivity index (χ4v) is 2.11. The molecule has 100 valence electrons. The third kappa shape index (κ3) is 2.81. The Morgan fingerprint density at radius 3 is 2.65 bits per heavy atom. The first-order valence-corrected chi connectivity index (χ1v) is 6.59. The molecule has 1 heterocycles. The molecule has 3 aromatic rings. The first-order chi connectivity index (χ1) is 9.70. The lowest BCUT2D eigenvalue weighted by Crippen LogP contribution is -1.99. The number of nitrogens with two attached hydrogens (primary N) is 1. The minimum Gasteiger partial charge on any atom is -0.399 e. The molecule has 0 aliphatic rings. The second-order valence-corrected chi connectivity index (χ2v) is 4.99. The molecule has 4 nitrogen and oxygen atoms in total. The van der Waals surface area contributed by atoms with Gasteiger partial charge in [-0.3, -0.25) is 0 Å². The smallest absolute Gasteiger partial charge is 0.113 e. The number of benzene rings is 2. The van der Waals surface area contributed by atoms with Crippen LogP contribution in [-0.4, -0.2) is 15.0 Å². The summed E-state index contributed by atoms with van der Waals surface area (Å²) in [5.74, 6) is 0. The first kappa shape index (κ1) is 12.7. The van der Waals surface area contributed by atoms with Gasteiger partial charge in [-0.05, 0) is 29.8 Å². The zero-order valence-corrected chi connectivity index (χ0v) is 11.5. The summed E-state index contributed by atoms with van der Waals surface area (Å²) in [4.78, 5) is 0. The van der Waals surface area contributed by atoms with Crippen LogP contribution in [0.2, 0.25) is 5.02 Å². The van der Waals surface area contributed by atoms with Crippen LogP contribution in [0.4, 0.5) is 5.69 Å². The number of nitrogens with zero attached hydrogens (tertiary/aromatic N) is 3. The highest BCUT2D eigenvalue weighted by atomic mass is 35.5. The number of anilines is 1. The molecular formula is C15H13ClN4. The molecule has 0 bridgehead atoms. The highest BCUT2D eigenvalue weighted by Crippen LogP contribution is 2.19. The number of nitrogen functional groups attached to an aromatic ring is 1. The van der Waals surface area contributed by atoms with Crippen LogP contribution in [0.5, 0.6) is 0 Å². The molecule has 0 saturated heterocycles. The lowest BCUT2D eigenvalue weighted by molar-refractivity contribution is 0.650. The SMILES string of the molecule is Nc1cccc(-c2cn(Cc3ccc(Cl)cc3)nn2)c1. The summed E-state index contributed by atoms with van der Waals surface area (Å²) in [6, 6.07) is 15.3. The van der Waals surface area contributed by atoms with E-state index in [0.717, 1.165) is 27.5 Å². The van der Waals surface area contributed by atoms with Crippen molar-refractivity contribution in [3.8, 4) is 11.3 Å². The molecule has 0 aliphatic carbocycles. The van der Waals surface area contributed by atoms with Gasteiger partial charge in [-0.1, -0.05) is 41.1 Å². The van der Waals surface area contributed by atoms with Crippen LogP contribution in [0.15, 0.2) is 54.7 Å². The molecule has 0 radical (unpaired) electrons. The topological polar surface area (TPSA) is 56.7 Å². The Morgan fingerprint density at radius 2 is 1.90 bits per heavy atom. The van der Waals surface area contributed by atoms with Crippen molar-refractivity contribution in [2.24, 2.45) is 0 Å².